The van der Waals surface area contributed by atoms with Gasteiger partial charge in [-0.15, -0.1) is 0 Å². The summed E-state index contributed by atoms with van der Waals surface area (Å²) in [6.07, 6.45) is 2.40. The highest BCUT2D eigenvalue weighted by atomic mass is 35.5. The van der Waals surface area contributed by atoms with Crippen LogP contribution < -0.4 is 5.43 Å². The molecule has 7 heteroatoms. The van der Waals surface area contributed by atoms with Crippen molar-refractivity contribution in [1.82, 2.24) is 9.66 Å². The lowest BCUT2D eigenvalue weighted by Gasteiger charge is -2.15. The third kappa shape index (κ3) is 3.15. The zero-order valence-corrected chi connectivity index (χ0v) is 15.0. The Balaban J connectivity index is 2.11. The van der Waals surface area contributed by atoms with Gasteiger partial charge in [-0.25, -0.2) is 9.66 Å². The Hall–Kier alpha value is -1.95. The molecule has 0 aliphatic heterocycles. The van der Waals surface area contributed by atoms with E-state index in [-0.39, 0.29) is 10.9 Å². The summed E-state index contributed by atoms with van der Waals surface area (Å²) >= 11 is 17.5. The first kappa shape index (κ1) is 16.9. The molecule has 0 radical (unpaired) electrons. The molecule has 1 amide bonds. The first-order chi connectivity index (χ1) is 11.5. The van der Waals surface area contributed by atoms with Crippen LogP contribution in [0, 0.1) is 4.64 Å². The number of rotatable bonds is 3. The maximum absolute atomic E-state index is 12.6. The number of aromatic nitrogens is 2. The van der Waals surface area contributed by atoms with E-state index < -0.39 is 0 Å². The van der Waals surface area contributed by atoms with Crippen molar-refractivity contribution in [1.29, 1.82) is 0 Å². The summed E-state index contributed by atoms with van der Waals surface area (Å²) in [4.78, 5) is 16.9. The number of halogens is 2. The molecule has 0 atom stereocenters. The van der Waals surface area contributed by atoms with Crippen molar-refractivity contribution in [3.63, 3.8) is 0 Å². The summed E-state index contributed by atoms with van der Waals surface area (Å²) in [6, 6.07) is 10.5. The van der Waals surface area contributed by atoms with E-state index in [2.05, 4.69) is 10.4 Å². The molecule has 3 aromatic rings. The van der Waals surface area contributed by atoms with Crippen molar-refractivity contribution >= 4 is 52.4 Å². The zero-order chi connectivity index (χ0) is 17.3. The van der Waals surface area contributed by atoms with Crippen LogP contribution in [0.1, 0.15) is 22.8 Å². The number of fused-ring (bicyclic) bond motifs is 1. The Morgan fingerprint density at radius 1 is 1.29 bits per heavy atom. The number of carbonyl (C=O) groups excluding carboxylic acids is 1. The van der Waals surface area contributed by atoms with Gasteiger partial charge in [-0.3, -0.25) is 10.2 Å². The van der Waals surface area contributed by atoms with Gasteiger partial charge in [0.15, 0.2) is 5.65 Å². The van der Waals surface area contributed by atoms with Crippen LogP contribution in [0.25, 0.3) is 11.0 Å². The molecule has 0 bridgehead atoms. The summed E-state index contributed by atoms with van der Waals surface area (Å²) in [5.41, 5.74) is 4.64. The highest BCUT2D eigenvalue weighted by molar-refractivity contribution is 7.71. The third-order valence-electron chi connectivity index (χ3n) is 3.61. The summed E-state index contributed by atoms with van der Waals surface area (Å²) in [5, 5.41) is 1.63. The second-order valence-corrected chi connectivity index (χ2v) is 6.38. The van der Waals surface area contributed by atoms with Gasteiger partial charge in [-0.2, -0.15) is 0 Å². The van der Waals surface area contributed by atoms with Gasteiger partial charge >= 0.3 is 0 Å². The topological polar surface area (TPSA) is 46.9 Å². The molecular formula is C17H13Cl2N3OS. The number of pyridine rings is 2. The predicted octanol–water partition coefficient (Wildman–Crippen LogP) is 5.02. The number of hydrogen-bond acceptors (Lipinski definition) is 3. The van der Waals surface area contributed by atoms with E-state index in [1.165, 1.54) is 10.7 Å². The lowest BCUT2D eigenvalue weighted by molar-refractivity contribution is 0.101. The molecule has 2 heterocycles. The van der Waals surface area contributed by atoms with Gasteiger partial charge in [0.25, 0.3) is 5.91 Å². The molecule has 0 fully saturated rings. The van der Waals surface area contributed by atoms with Gasteiger partial charge in [0, 0.05) is 16.6 Å². The van der Waals surface area contributed by atoms with Crippen molar-refractivity contribution in [3.05, 3.63) is 68.4 Å². The molecular weight excluding hydrogens is 365 g/mol. The van der Waals surface area contributed by atoms with Crippen molar-refractivity contribution < 1.29 is 4.79 Å². The second-order valence-electron chi connectivity index (χ2n) is 5.15. The molecule has 2 aromatic heterocycles. The average Bonchev–Trinajstić information content (AvgIpc) is 2.57. The van der Waals surface area contributed by atoms with Crippen molar-refractivity contribution in [3.8, 4) is 0 Å². The number of nitrogens with one attached hydrogen (secondary N) is 1. The maximum Gasteiger partial charge on any atom is 0.271 e. The van der Waals surface area contributed by atoms with Gasteiger partial charge in [-0.05, 0) is 48.4 Å². The standard InChI is InChI=1S/C17H13Cl2N3OS/c1-2-10-8-11-4-3-7-20-15(11)22(17(10)24)21-16(23)13-6-5-12(18)9-14(13)19/h3-9H,2H2,1H3,(H,21,23). The SMILES string of the molecule is CCc1cc2cccnc2n(NC(=O)c2ccc(Cl)cc2Cl)c1=S. The highest BCUT2D eigenvalue weighted by Crippen LogP contribution is 2.22. The fourth-order valence-corrected chi connectivity index (χ4v) is 3.22. The second kappa shape index (κ2) is 6.89. The number of amides is 1. The average molecular weight is 378 g/mol. The van der Waals surface area contributed by atoms with Crippen LogP contribution >= 0.6 is 35.4 Å². The molecule has 0 unspecified atom stereocenters. The highest BCUT2D eigenvalue weighted by Gasteiger charge is 2.14. The van der Waals surface area contributed by atoms with E-state index in [4.69, 9.17) is 35.4 Å². The van der Waals surface area contributed by atoms with Crippen molar-refractivity contribution in [2.24, 2.45) is 0 Å². The van der Waals surface area contributed by atoms with Crippen molar-refractivity contribution in [2.45, 2.75) is 13.3 Å². The minimum absolute atomic E-state index is 0.274. The molecule has 0 saturated carbocycles. The first-order valence-electron chi connectivity index (χ1n) is 7.27. The Bertz CT molecular complexity index is 1000. The first-order valence-corrected chi connectivity index (χ1v) is 8.43. The summed E-state index contributed by atoms with van der Waals surface area (Å²) in [6.45, 7) is 2.01. The van der Waals surface area contributed by atoms with Gasteiger partial charge in [0.2, 0.25) is 0 Å². The van der Waals surface area contributed by atoms with Crippen LogP contribution in [0.4, 0.5) is 0 Å². The Kier molecular flexibility index (Phi) is 4.85. The van der Waals surface area contributed by atoms with Gasteiger partial charge < -0.3 is 0 Å². The van der Waals surface area contributed by atoms with E-state index in [0.717, 1.165) is 17.4 Å². The Morgan fingerprint density at radius 2 is 2.08 bits per heavy atom. The smallest absolute Gasteiger partial charge is 0.267 e. The van der Waals surface area contributed by atoms with E-state index >= 15 is 0 Å². The van der Waals surface area contributed by atoms with Gasteiger partial charge in [0.05, 0.1) is 10.6 Å². The van der Waals surface area contributed by atoms with E-state index in [1.807, 2.05) is 25.1 Å². The fraction of sp³-hybridized carbons (Fsp3) is 0.118. The maximum atomic E-state index is 12.6. The number of aryl methyl sites for hydroxylation is 1. The van der Waals surface area contributed by atoms with Crippen LogP contribution in [-0.2, 0) is 6.42 Å². The number of hydrogen-bond donors (Lipinski definition) is 1. The number of carbonyl (C=O) groups is 1. The minimum atomic E-state index is -0.382. The van der Waals surface area contributed by atoms with Crippen LogP contribution in [0.5, 0.6) is 0 Å². The third-order valence-corrected chi connectivity index (χ3v) is 4.60. The normalized spacial score (nSPS) is 10.8. The molecule has 0 saturated heterocycles. The van der Waals surface area contributed by atoms with Crippen LogP contribution in [0.15, 0.2) is 42.6 Å². The van der Waals surface area contributed by atoms with Crippen molar-refractivity contribution in [2.75, 3.05) is 5.43 Å². The molecule has 0 spiro atoms. The molecule has 122 valence electrons. The minimum Gasteiger partial charge on any atom is -0.267 e. The van der Waals surface area contributed by atoms with E-state index in [0.29, 0.717) is 20.9 Å². The molecule has 1 aromatic carbocycles. The Morgan fingerprint density at radius 3 is 2.79 bits per heavy atom. The summed E-state index contributed by atoms with van der Waals surface area (Å²) < 4.78 is 2.04. The van der Waals surface area contributed by atoms with Gasteiger partial charge in [-0.1, -0.05) is 42.3 Å². The predicted molar refractivity (Wildman–Crippen MR) is 100 cm³/mol. The van der Waals surface area contributed by atoms with Crippen LogP contribution in [0.2, 0.25) is 10.0 Å². The monoisotopic (exact) mass is 377 g/mol. The number of nitrogens with zero attached hydrogens (tertiary/aromatic N) is 2. The summed E-state index contributed by atoms with van der Waals surface area (Å²) in [7, 11) is 0. The molecule has 4 nitrogen and oxygen atoms in total. The Labute approximate surface area is 154 Å². The van der Waals surface area contributed by atoms with Crippen LogP contribution in [0.3, 0.4) is 0 Å². The van der Waals surface area contributed by atoms with E-state index in [9.17, 15) is 4.79 Å². The molecule has 24 heavy (non-hydrogen) atoms. The van der Waals surface area contributed by atoms with Gasteiger partial charge in [0.1, 0.15) is 4.64 Å². The summed E-state index contributed by atoms with van der Waals surface area (Å²) in [5.74, 6) is -0.382. The molecule has 1 N–H and O–H groups in total. The molecule has 0 aliphatic rings. The van der Waals surface area contributed by atoms with Crippen LogP contribution in [-0.4, -0.2) is 15.6 Å². The fourth-order valence-electron chi connectivity index (χ4n) is 2.39. The quantitative estimate of drug-likeness (QED) is 0.651. The lowest BCUT2D eigenvalue weighted by atomic mass is 10.2. The van der Waals surface area contributed by atoms with E-state index in [1.54, 1.807) is 18.3 Å². The molecule has 0 aliphatic carbocycles. The number of benzene rings is 1. The zero-order valence-electron chi connectivity index (χ0n) is 12.7. The largest absolute Gasteiger partial charge is 0.271 e. The lowest BCUT2D eigenvalue weighted by Crippen LogP contribution is -2.25. The molecule has 3 rings (SSSR count).